The molecule has 0 spiro atoms. The van der Waals surface area contributed by atoms with Gasteiger partial charge in [0.25, 0.3) is 0 Å². The number of hydrogen-bond acceptors (Lipinski definition) is 4. The first-order chi connectivity index (χ1) is 8.75. The summed E-state index contributed by atoms with van der Waals surface area (Å²) in [6.07, 6.45) is 2.51. The molecule has 3 N–H and O–H groups in total. The van der Waals surface area contributed by atoms with Crippen LogP contribution in [0.3, 0.4) is 0 Å². The first kappa shape index (κ1) is 10.8. The number of amidine groups is 1. The highest BCUT2D eigenvalue weighted by Gasteiger charge is 2.14. The maximum Gasteiger partial charge on any atom is 0.161 e. The van der Waals surface area contributed by atoms with Gasteiger partial charge in [0.2, 0.25) is 0 Å². The molecule has 0 aliphatic carbocycles. The van der Waals surface area contributed by atoms with Crippen molar-refractivity contribution in [3.8, 4) is 11.5 Å². The fourth-order valence-corrected chi connectivity index (χ4v) is 2.04. The lowest BCUT2D eigenvalue weighted by atomic mass is 10.1. The van der Waals surface area contributed by atoms with Crippen molar-refractivity contribution < 1.29 is 9.47 Å². The van der Waals surface area contributed by atoms with Gasteiger partial charge in [-0.2, -0.15) is 0 Å². The summed E-state index contributed by atoms with van der Waals surface area (Å²) in [6, 6.07) is 5.63. The van der Waals surface area contributed by atoms with Crippen molar-refractivity contribution in [2.75, 3.05) is 13.2 Å². The molecule has 1 aromatic carbocycles. The van der Waals surface area contributed by atoms with Crippen LogP contribution in [0, 0.1) is 5.41 Å². The average Bonchev–Trinajstić information content (AvgIpc) is 2.59. The molecule has 5 nitrogen and oxygen atoms in total. The first-order valence-corrected chi connectivity index (χ1v) is 5.78. The molecular weight excluding hydrogens is 230 g/mol. The molecule has 3 rings (SSSR count). The van der Waals surface area contributed by atoms with Crippen molar-refractivity contribution in [1.29, 1.82) is 5.41 Å². The number of pyridine rings is 1. The van der Waals surface area contributed by atoms with Crippen molar-refractivity contribution in [3.63, 3.8) is 0 Å². The third-order valence-corrected chi connectivity index (χ3v) is 2.89. The fraction of sp³-hybridized carbons (Fsp3) is 0.231. The minimum atomic E-state index is -0.0462. The Kier molecular flexibility index (Phi) is 2.51. The number of ether oxygens (including phenoxy) is 2. The number of nitrogens with one attached hydrogen (secondary N) is 1. The molecule has 1 aliphatic heterocycles. The molecule has 0 saturated carbocycles. The lowest BCUT2D eigenvalue weighted by molar-refractivity contribution is 0.297. The molecule has 1 aliphatic rings. The van der Waals surface area contributed by atoms with Gasteiger partial charge in [-0.3, -0.25) is 10.4 Å². The Morgan fingerprint density at radius 1 is 1.22 bits per heavy atom. The standard InChI is InChI=1S/C13H13N3O2/c14-13(15)12-9-7-11-10(17-4-1-5-18-11)6-8(9)2-3-16-12/h2-3,6-7H,1,4-5H2,(H3,14,15). The van der Waals surface area contributed by atoms with Crippen molar-refractivity contribution >= 4 is 16.6 Å². The van der Waals surface area contributed by atoms with Gasteiger partial charge in [-0.25, -0.2) is 0 Å². The van der Waals surface area contributed by atoms with Crippen LogP contribution in [-0.2, 0) is 0 Å². The van der Waals surface area contributed by atoms with Gasteiger partial charge in [-0.05, 0) is 23.6 Å². The average molecular weight is 243 g/mol. The zero-order valence-electron chi connectivity index (χ0n) is 9.77. The predicted molar refractivity (Wildman–Crippen MR) is 68.4 cm³/mol. The Labute approximate surface area is 104 Å². The molecule has 1 aromatic heterocycles. The van der Waals surface area contributed by atoms with Crippen LogP contribution in [-0.4, -0.2) is 24.0 Å². The summed E-state index contributed by atoms with van der Waals surface area (Å²) in [6.45, 7) is 1.29. The summed E-state index contributed by atoms with van der Waals surface area (Å²) < 4.78 is 11.3. The predicted octanol–water partition coefficient (Wildman–Crippen LogP) is 1.68. The largest absolute Gasteiger partial charge is 0.490 e. The van der Waals surface area contributed by atoms with E-state index in [1.54, 1.807) is 6.20 Å². The molecule has 5 heteroatoms. The van der Waals surface area contributed by atoms with E-state index in [4.69, 9.17) is 20.6 Å². The number of fused-ring (bicyclic) bond motifs is 2. The van der Waals surface area contributed by atoms with E-state index < -0.39 is 0 Å². The van der Waals surface area contributed by atoms with E-state index in [0.717, 1.165) is 22.9 Å². The third kappa shape index (κ3) is 1.73. The molecule has 0 fully saturated rings. The van der Waals surface area contributed by atoms with E-state index >= 15 is 0 Å². The Morgan fingerprint density at radius 3 is 2.67 bits per heavy atom. The molecule has 18 heavy (non-hydrogen) atoms. The Hall–Kier alpha value is -2.30. The minimum Gasteiger partial charge on any atom is -0.490 e. The number of benzene rings is 1. The second-order valence-electron chi connectivity index (χ2n) is 4.14. The van der Waals surface area contributed by atoms with Crippen molar-refractivity contribution in [2.24, 2.45) is 5.73 Å². The number of nitrogens with two attached hydrogens (primary N) is 1. The lowest BCUT2D eigenvalue weighted by Gasteiger charge is -2.10. The van der Waals surface area contributed by atoms with Crippen LogP contribution in [0.5, 0.6) is 11.5 Å². The molecule has 0 amide bonds. The summed E-state index contributed by atoms with van der Waals surface area (Å²) >= 11 is 0. The van der Waals surface area contributed by atoms with Gasteiger partial charge in [0, 0.05) is 18.0 Å². The highest BCUT2D eigenvalue weighted by atomic mass is 16.5. The highest BCUT2D eigenvalue weighted by molar-refractivity contribution is 6.06. The molecule has 0 radical (unpaired) electrons. The maximum atomic E-state index is 7.54. The molecule has 0 saturated heterocycles. The van der Waals surface area contributed by atoms with Crippen molar-refractivity contribution in [3.05, 3.63) is 30.1 Å². The zero-order chi connectivity index (χ0) is 12.5. The smallest absolute Gasteiger partial charge is 0.161 e. The van der Waals surface area contributed by atoms with Crippen LogP contribution in [0.15, 0.2) is 24.4 Å². The van der Waals surface area contributed by atoms with Gasteiger partial charge in [0.1, 0.15) is 11.5 Å². The second kappa shape index (κ2) is 4.18. The summed E-state index contributed by atoms with van der Waals surface area (Å²) in [5.41, 5.74) is 6.01. The molecule has 0 bridgehead atoms. The van der Waals surface area contributed by atoms with Crippen LogP contribution in [0.1, 0.15) is 12.1 Å². The Bertz CT molecular complexity index is 625. The molecule has 2 heterocycles. The van der Waals surface area contributed by atoms with Crippen LogP contribution in [0.25, 0.3) is 10.8 Å². The highest BCUT2D eigenvalue weighted by Crippen LogP contribution is 2.34. The van der Waals surface area contributed by atoms with Gasteiger partial charge in [0.05, 0.1) is 13.2 Å². The number of hydrogen-bond donors (Lipinski definition) is 2. The normalized spacial score (nSPS) is 14.2. The van der Waals surface area contributed by atoms with E-state index in [2.05, 4.69) is 4.98 Å². The van der Waals surface area contributed by atoms with E-state index in [1.165, 1.54) is 0 Å². The fourth-order valence-electron chi connectivity index (χ4n) is 2.04. The van der Waals surface area contributed by atoms with E-state index in [1.807, 2.05) is 18.2 Å². The molecular formula is C13H13N3O2. The molecule has 0 atom stereocenters. The topological polar surface area (TPSA) is 81.2 Å². The SMILES string of the molecule is N=C(N)c1nccc2cc3c(cc12)OCCCO3. The Balaban J connectivity index is 2.25. The van der Waals surface area contributed by atoms with Crippen molar-refractivity contribution in [1.82, 2.24) is 4.98 Å². The van der Waals surface area contributed by atoms with Crippen molar-refractivity contribution in [2.45, 2.75) is 6.42 Å². The Morgan fingerprint density at radius 2 is 1.94 bits per heavy atom. The van der Waals surface area contributed by atoms with Crippen LogP contribution in [0.4, 0.5) is 0 Å². The summed E-state index contributed by atoms with van der Waals surface area (Å²) in [5.74, 6) is 1.38. The number of aromatic nitrogens is 1. The van der Waals surface area contributed by atoms with E-state index in [0.29, 0.717) is 24.7 Å². The van der Waals surface area contributed by atoms with E-state index in [-0.39, 0.29) is 5.84 Å². The van der Waals surface area contributed by atoms with E-state index in [9.17, 15) is 0 Å². The van der Waals surface area contributed by atoms with Crippen LogP contribution < -0.4 is 15.2 Å². The summed E-state index contributed by atoms with van der Waals surface area (Å²) in [5, 5.41) is 9.30. The molecule has 92 valence electrons. The summed E-state index contributed by atoms with van der Waals surface area (Å²) in [4.78, 5) is 4.13. The van der Waals surface area contributed by atoms with Gasteiger partial charge in [-0.1, -0.05) is 0 Å². The van der Waals surface area contributed by atoms with Gasteiger partial charge in [-0.15, -0.1) is 0 Å². The quantitative estimate of drug-likeness (QED) is 0.589. The number of nitrogen functional groups attached to an aromatic ring is 1. The maximum absolute atomic E-state index is 7.54. The van der Waals surface area contributed by atoms with Gasteiger partial charge < -0.3 is 15.2 Å². The van der Waals surface area contributed by atoms with Gasteiger partial charge >= 0.3 is 0 Å². The monoisotopic (exact) mass is 243 g/mol. The minimum absolute atomic E-state index is 0.0462. The zero-order valence-corrected chi connectivity index (χ0v) is 9.77. The summed E-state index contributed by atoms with van der Waals surface area (Å²) in [7, 11) is 0. The molecule has 2 aromatic rings. The lowest BCUT2D eigenvalue weighted by Crippen LogP contribution is -2.13. The third-order valence-electron chi connectivity index (χ3n) is 2.89. The van der Waals surface area contributed by atoms with Gasteiger partial charge in [0.15, 0.2) is 11.5 Å². The first-order valence-electron chi connectivity index (χ1n) is 5.78. The molecule has 0 unspecified atom stereocenters. The van der Waals surface area contributed by atoms with Crippen LogP contribution >= 0.6 is 0 Å². The number of nitrogens with zero attached hydrogens (tertiary/aromatic N) is 1. The second-order valence-corrected chi connectivity index (χ2v) is 4.14. The number of rotatable bonds is 1. The van der Waals surface area contributed by atoms with Crippen LogP contribution in [0.2, 0.25) is 0 Å².